The van der Waals surface area contributed by atoms with E-state index in [9.17, 15) is 4.79 Å². The van der Waals surface area contributed by atoms with Crippen molar-refractivity contribution in [3.05, 3.63) is 29.0 Å². The molecule has 2 rings (SSSR count). The summed E-state index contributed by atoms with van der Waals surface area (Å²) >= 11 is 5.83. The minimum Gasteiger partial charge on any atom is -0.465 e. The zero-order chi connectivity index (χ0) is 11.5. The number of likely N-dealkylation sites (tertiary alicyclic amines) is 1. The molecule has 4 nitrogen and oxygen atoms in total. The van der Waals surface area contributed by atoms with Crippen LogP contribution in [0.15, 0.2) is 18.2 Å². The zero-order valence-corrected chi connectivity index (χ0v) is 9.52. The molecule has 1 saturated heterocycles. The van der Waals surface area contributed by atoms with E-state index in [2.05, 4.69) is 4.98 Å². The third-order valence-electron chi connectivity index (χ3n) is 2.92. The van der Waals surface area contributed by atoms with Crippen molar-refractivity contribution >= 4 is 17.7 Å². The summed E-state index contributed by atoms with van der Waals surface area (Å²) in [4.78, 5) is 16.5. The van der Waals surface area contributed by atoms with Crippen molar-refractivity contribution in [3.8, 4) is 0 Å². The van der Waals surface area contributed by atoms with Crippen LogP contribution in [-0.4, -0.2) is 34.2 Å². The van der Waals surface area contributed by atoms with Gasteiger partial charge in [0.25, 0.3) is 0 Å². The second-order valence-electron chi connectivity index (χ2n) is 3.93. The first-order chi connectivity index (χ1) is 7.66. The maximum Gasteiger partial charge on any atom is 0.407 e. The van der Waals surface area contributed by atoms with Crippen molar-refractivity contribution in [2.45, 2.75) is 18.8 Å². The summed E-state index contributed by atoms with van der Waals surface area (Å²) < 4.78 is 0. The van der Waals surface area contributed by atoms with Gasteiger partial charge in [-0.25, -0.2) is 9.78 Å². The fourth-order valence-corrected chi connectivity index (χ4v) is 2.19. The van der Waals surface area contributed by atoms with Gasteiger partial charge in [0.2, 0.25) is 0 Å². The average Bonchev–Trinajstić information content (AvgIpc) is 2.29. The second kappa shape index (κ2) is 4.70. The fourth-order valence-electron chi connectivity index (χ4n) is 2.02. The third-order valence-corrected chi connectivity index (χ3v) is 3.13. The van der Waals surface area contributed by atoms with E-state index in [1.807, 2.05) is 12.1 Å². The van der Waals surface area contributed by atoms with Gasteiger partial charge in [-0.05, 0) is 25.0 Å². The van der Waals surface area contributed by atoms with Crippen LogP contribution in [0.3, 0.4) is 0 Å². The fraction of sp³-hybridized carbons (Fsp3) is 0.455. The molecule has 0 unspecified atom stereocenters. The van der Waals surface area contributed by atoms with Crippen LogP contribution in [0.2, 0.25) is 5.15 Å². The Bertz CT molecular complexity index is 389. The van der Waals surface area contributed by atoms with Crippen molar-refractivity contribution in [3.63, 3.8) is 0 Å². The lowest BCUT2D eigenvalue weighted by atomic mass is 9.93. The number of piperidine rings is 1. The molecular formula is C11H13ClN2O2. The van der Waals surface area contributed by atoms with Crippen molar-refractivity contribution in [2.24, 2.45) is 0 Å². The molecule has 1 fully saturated rings. The number of hydrogen-bond donors (Lipinski definition) is 1. The van der Waals surface area contributed by atoms with Gasteiger partial charge in [0.15, 0.2) is 0 Å². The highest BCUT2D eigenvalue weighted by Crippen LogP contribution is 2.27. The van der Waals surface area contributed by atoms with E-state index in [0.717, 1.165) is 18.5 Å². The SMILES string of the molecule is O=C(O)N1CCC(c2cccc(Cl)n2)CC1. The number of halogens is 1. The number of nitrogens with zero attached hydrogens (tertiary/aromatic N) is 2. The lowest BCUT2D eigenvalue weighted by Gasteiger charge is -2.29. The molecule has 1 aromatic heterocycles. The smallest absolute Gasteiger partial charge is 0.407 e. The molecule has 0 bridgehead atoms. The lowest BCUT2D eigenvalue weighted by molar-refractivity contribution is 0.131. The molecule has 0 aliphatic carbocycles. The maximum absolute atomic E-state index is 10.7. The van der Waals surface area contributed by atoms with Gasteiger partial charge in [-0.15, -0.1) is 0 Å². The Morgan fingerprint density at radius 2 is 2.12 bits per heavy atom. The molecule has 1 amide bonds. The van der Waals surface area contributed by atoms with E-state index < -0.39 is 6.09 Å². The van der Waals surface area contributed by atoms with Gasteiger partial charge in [-0.1, -0.05) is 17.7 Å². The molecule has 0 saturated carbocycles. The molecule has 5 heteroatoms. The van der Waals surface area contributed by atoms with E-state index >= 15 is 0 Å². The third kappa shape index (κ3) is 2.44. The molecular weight excluding hydrogens is 228 g/mol. The summed E-state index contributed by atoms with van der Waals surface area (Å²) in [6.07, 6.45) is 0.803. The summed E-state index contributed by atoms with van der Waals surface area (Å²) in [6.45, 7) is 1.16. The van der Waals surface area contributed by atoms with Crippen LogP contribution in [0.5, 0.6) is 0 Å². The van der Waals surface area contributed by atoms with Gasteiger partial charge in [0.1, 0.15) is 5.15 Å². The summed E-state index contributed by atoms with van der Waals surface area (Å²) in [7, 11) is 0. The van der Waals surface area contributed by atoms with Crippen LogP contribution in [-0.2, 0) is 0 Å². The Labute approximate surface area is 98.9 Å². The number of carboxylic acid groups (broad SMARTS) is 1. The van der Waals surface area contributed by atoms with Crippen molar-refractivity contribution in [2.75, 3.05) is 13.1 Å². The standard InChI is InChI=1S/C11H13ClN2O2/c12-10-3-1-2-9(13-10)8-4-6-14(7-5-8)11(15)16/h1-3,8H,4-7H2,(H,15,16). The number of amides is 1. The van der Waals surface area contributed by atoms with E-state index in [-0.39, 0.29) is 0 Å². The van der Waals surface area contributed by atoms with Gasteiger partial charge in [0.05, 0.1) is 0 Å². The first-order valence-electron chi connectivity index (χ1n) is 5.27. The molecule has 0 atom stereocenters. The molecule has 1 N–H and O–H groups in total. The lowest BCUT2D eigenvalue weighted by Crippen LogP contribution is -2.36. The van der Waals surface area contributed by atoms with Crippen LogP contribution in [0, 0.1) is 0 Å². The van der Waals surface area contributed by atoms with Crippen LogP contribution in [0.1, 0.15) is 24.5 Å². The normalized spacial score (nSPS) is 17.4. The highest BCUT2D eigenvalue weighted by molar-refractivity contribution is 6.29. The molecule has 86 valence electrons. The van der Waals surface area contributed by atoms with Gasteiger partial charge < -0.3 is 10.0 Å². The van der Waals surface area contributed by atoms with Crippen molar-refractivity contribution in [1.82, 2.24) is 9.88 Å². The van der Waals surface area contributed by atoms with Crippen molar-refractivity contribution in [1.29, 1.82) is 0 Å². The Morgan fingerprint density at radius 1 is 1.44 bits per heavy atom. The topological polar surface area (TPSA) is 53.4 Å². The Kier molecular flexibility index (Phi) is 3.29. The second-order valence-corrected chi connectivity index (χ2v) is 4.32. The minimum absolute atomic E-state index is 0.328. The minimum atomic E-state index is -0.836. The summed E-state index contributed by atoms with van der Waals surface area (Å²) in [5.74, 6) is 0.328. The van der Waals surface area contributed by atoms with Crippen LogP contribution in [0.4, 0.5) is 4.79 Å². The number of pyridine rings is 1. The predicted octanol–water partition coefficient (Wildman–Crippen LogP) is 2.59. The number of rotatable bonds is 1. The highest BCUT2D eigenvalue weighted by atomic mass is 35.5. The molecule has 0 radical (unpaired) electrons. The molecule has 1 aromatic rings. The van der Waals surface area contributed by atoms with Crippen LogP contribution >= 0.6 is 11.6 Å². The highest BCUT2D eigenvalue weighted by Gasteiger charge is 2.24. The molecule has 1 aliphatic heterocycles. The monoisotopic (exact) mass is 240 g/mol. The zero-order valence-electron chi connectivity index (χ0n) is 8.77. The molecule has 16 heavy (non-hydrogen) atoms. The van der Waals surface area contributed by atoms with Gasteiger partial charge in [-0.2, -0.15) is 0 Å². The Morgan fingerprint density at radius 3 is 2.69 bits per heavy atom. The van der Waals surface area contributed by atoms with Crippen LogP contribution < -0.4 is 0 Å². The summed E-state index contributed by atoms with van der Waals surface area (Å²) in [6, 6.07) is 5.58. The summed E-state index contributed by atoms with van der Waals surface area (Å²) in [5.41, 5.74) is 0.970. The largest absolute Gasteiger partial charge is 0.465 e. The van der Waals surface area contributed by atoms with Crippen LogP contribution in [0.25, 0.3) is 0 Å². The van der Waals surface area contributed by atoms with Gasteiger partial charge >= 0.3 is 6.09 Å². The molecule has 2 heterocycles. The molecule has 0 aromatic carbocycles. The van der Waals surface area contributed by atoms with Gasteiger partial charge in [0, 0.05) is 24.7 Å². The quantitative estimate of drug-likeness (QED) is 0.768. The molecule has 1 aliphatic rings. The predicted molar refractivity (Wildman–Crippen MR) is 60.8 cm³/mol. The van der Waals surface area contributed by atoms with Crippen molar-refractivity contribution < 1.29 is 9.90 Å². The van der Waals surface area contributed by atoms with E-state index in [4.69, 9.17) is 16.7 Å². The molecule has 0 spiro atoms. The van der Waals surface area contributed by atoms with E-state index in [1.165, 1.54) is 4.90 Å². The first kappa shape index (κ1) is 11.2. The number of aromatic nitrogens is 1. The Hall–Kier alpha value is -1.29. The summed E-state index contributed by atoms with van der Waals surface area (Å²) in [5, 5.41) is 9.33. The van der Waals surface area contributed by atoms with E-state index in [0.29, 0.717) is 24.2 Å². The average molecular weight is 241 g/mol. The first-order valence-corrected chi connectivity index (χ1v) is 5.65. The number of carbonyl (C=O) groups is 1. The van der Waals surface area contributed by atoms with E-state index in [1.54, 1.807) is 6.07 Å². The maximum atomic E-state index is 10.7. The van der Waals surface area contributed by atoms with Gasteiger partial charge in [-0.3, -0.25) is 0 Å². The number of hydrogen-bond acceptors (Lipinski definition) is 2. The Balaban J connectivity index is 2.01.